The van der Waals surface area contributed by atoms with Gasteiger partial charge in [0.2, 0.25) is 0 Å². The second-order valence-corrected chi connectivity index (χ2v) is 6.73. The molecule has 23 heavy (non-hydrogen) atoms. The van der Waals surface area contributed by atoms with Crippen LogP contribution in [0, 0.1) is 11.3 Å². The molecule has 0 amide bonds. The van der Waals surface area contributed by atoms with Crippen molar-refractivity contribution in [2.45, 2.75) is 6.42 Å². The lowest BCUT2D eigenvalue weighted by Crippen LogP contribution is -2.24. The van der Waals surface area contributed by atoms with E-state index in [4.69, 9.17) is 10.2 Å². The zero-order valence-corrected chi connectivity index (χ0v) is 13.7. The number of hydrogen-bond donors (Lipinski definition) is 1. The third-order valence-corrected chi connectivity index (χ3v) is 5.13. The molecule has 1 aromatic carbocycles. The largest absolute Gasteiger partial charge is 0.360 e. The maximum absolute atomic E-state index is 9.11. The van der Waals surface area contributed by atoms with Crippen molar-refractivity contribution in [3.8, 4) is 17.3 Å². The highest BCUT2D eigenvalue weighted by molar-refractivity contribution is 7.11. The van der Waals surface area contributed by atoms with Crippen molar-refractivity contribution in [2.24, 2.45) is 0 Å². The van der Waals surface area contributed by atoms with Crippen LogP contribution in [0.2, 0.25) is 0 Å². The van der Waals surface area contributed by atoms with Gasteiger partial charge in [0.25, 0.3) is 0 Å². The van der Waals surface area contributed by atoms with E-state index >= 15 is 0 Å². The molecule has 2 aromatic heterocycles. The molecule has 0 saturated heterocycles. The lowest BCUT2D eigenvalue weighted by molar-refractivity contribution is 0.373. The molecule has 1 aliphatic heterocycles. The standard InChI is InChI=1S/C18H16N4S/c1-22-6-2-3-13(10-22)18-21-17(11-23-18)15-9-20-16-5-4-12(8-19)7-14(15)16/h3-5,7,9,11,20H,2,6,10H2,1H3. The fourth-order valence-electron chi connectivity index (χ4n) is 3.00. The highest BCUT2D eigenvalue weighted by atomic mass is 32.1. The van der Waals surface area contributed by atoms with E-state index in [-0.39, 0.29) is 0 Å². The van der Waals surface area contributed by atoms with E-state index in [1.165, 1.54) is 5.57 Å². The molecule has 114 valence electrons. The molecule has 0 saturated carbocycles. The summed E-state index contributed by atoms with van der Waals surface area (Å²) in [6, 6.07) is 7.91. The first-order chi connectivity index (χ1) is 11.2. The molecule has 0 radical (unpaired) electrons. The maximum Gasteiger partial charge on any atom is 0.120 e. The van der Waals surface area contributed by atoms with E-state index < -0.39 is 0 Å². The fourth-order valence-corrected chi connectivity index (χ4v) is 3.85. The molecular formula is C18H16N4S. The van der Waals surface area contributed by atoms with Crippen molar-refractivity contribution in [3.63, 3.8) is 0 Å². The van der Waals surface area contributed by atoms with Gasteiger partial charge in [0.05, 0.1) is 17.3 Å². The van der Waals surface area contributed by atoms with Gasteiger partial charge in [-0.3, -0.25) is 0 Å². The summed E-state index contributed by atoms with van der Waals surface area (Å²) in [6.45, 7) is 2.07. The van der Waals surface area contributed by atoms with Gasteiger partial charge in [-0.05, 0) is 37.2 Å². The van der Waals surface area contributed by atoms with Crippen LogP contribution in [0.25, 0.3) is 27.7 Å². The van der Waals surface area contributed by atoms with E-state index in [2.05, 4.69) is 34.5 Å². The SMILES string of the molecule is CN1CCC=C(c2nc(-c3c[nH]c4ccc(C#N)cc34)cs2)C1. The van der Waals surface area contributed by atoms with Crippen molar-refractivity contribution in [1.29, 1.82) is 5.26 Å². The maximum atomic E-state index is 9.11. The average Bonchev–Trinajstić information content (AvgIpc) is 3.20. The quantitative estimate of drug-likeness (QED) is 0.779. The second-order valence-electron chi connectivity index (χ2n) is 5.87. The summed E-state index contributed by atoms with van der Waals surface area (Å²) in [4.78, 5) is 10.4. The molecule has 0 atom stereocenters. The number of rotatable bonds is 2. The Bertz CT molecular complexity index is 941. The van der Waals surface area contributed by atoms with Gasteiger partial charge in [-0.15, -0.1) is 11.3 Å². The lowest BCUT2D eigenvalue weighted by Gasteiger charge is -2.21. The summed E-state index contributed by atoms with van der Waals surface area (Å²) >= 11 is 1.69. The van der Waals surface area contributed by atoms with Gasteiger partial charge in [0, 0.05) is 41.1 Å². The predicted octanol–water partition coefficient (Wildman–Crippen LogP) is 3.88. The van der Waals surface area contributed by atoms with Crippen LogP contribution in [0.15, 0.2) is 35.9 Å². The fraction of sp³-hybridized carbons (Fsp3) is 0.222. The number of aromatic amines is 1. The number of fused-ring (bicyclic) bond motifs is 1. The minimum atomic E-state index is 0.672. The summed E-state index contributed by atoms with van der Waals surface area (Å²) in [5, 5.41) is 13.4. The molecule has 5 heteroatoms. The Morgan fingerprint density at radius 3 is 3.13 bits per heavy atom. The number of benzene rings is 1. The Labute approximate surface area is 138 Å². The van der Waals surface area contributed by atoms with Crippen LogP contribution < -0.4 is 0 Å². The van der Waals surface area contributed by atoms with Gasteiger partial charge in [-0.1, -0.05) is 6.08 Å². The van der Waals surface area contributed by atoms with Crippen molar-refractivity contribution in [3.05, 3.63) is 46.4 Å². The number of likely N-dealkylation sites (N-methyl/N-ethyl adjacent to an activating group) is 1. The van der Waals surface area contributed by atoms with Gasteiger partial charge >= 0.3 is 0 Å². The number of hydrogen-bond acceptors (Lipinski definition) is 4. The van der Waals surface area contributed by atoms with Crippen molar-refractivity contribution in [1.82, 2.24) is 14.9 Å². The highest BCUT2D eigenvalue weighted by Gasteiger charge is 2.15. The normalized spacial score (nSPS) is 15.6. The Balaban J connectivity index is 1.75. The van der Waals surface area contributed by atoms with Crippen molar-refractivity contribution in [2.75, 3.05) is 20.1 Å². The molecule has 4 nitrogen and oxygen atoms in total. The molecule has 4 rings (SSSR count). The van der Waals surface area contributed by atoms with Crippen molar-refractivity contribution >= 4 is 27.8 Å². The summed E-state index contributed by atoms with van der Waals surface area (Å²) in [6.07, 6.45) is 5.36. The van der Waals surface area contributed by atoms with E-state index in [0.29, 0.717) is 5.56 Å². The summed E-state index contributed by atoms with van der Waals surface area (Å²) < 4.78 is 0. The van der Waals surface area contributed by atoms with Crippen LogP contribution in [-0.2, 0) is 0 Å². The molecular weight excluding hydrogens is 304 g/mol. The summed E-state index contributed by atoms with van der Waals surface area (Å²) in [5.41, 5.74) is 5.05. The van der Waals surface area contributed by atoms with Gasteiger partial charge in [-0.2, -0.15) is 5.26 Å². The first-order valence-corrected chi connectivity index (χ1v) is 8.47. The minimum absolute atomic E-state index is 0.672. The first kappa shape index (κ1) is 14.2. The predicted molar refractivity (Wildman–Crippen MR) is 94.2 cm³/mol. The van der Waals surface area contributed by atoms with Gasteiger partial charge < -0.3 is 9.88 Å². The number of thiazole rings is 1. The number of H-pyrrole nitrogens is 1. The molecule has 0 fully saturated rings. The molecule has 0 spiro atoms. The smallest absolute Gasteiger partial charge is 0.120 e. The summed E-state index contributed by atoms with van der Waals surface area (Å²) in [7, 11) is 2.14. The third-order valence-electron chi connectivity index (χ3n) is 4.21. The molecule has 0 unspecified atom stereocenters. The Morgan fingerprint density at radius 1 is 1.39 bits per heavy atom. The average molecular weight is 320 g/mol. The zero-order valence-electron chi connectivity index (χ0n) is 12.8. The molecule has 0 aliphatic carbocycles. The van der Waals surface area contributed by atoms with Crippen LogP contribution in [-0.4, -0.2) is 35.0 Å². The van der Waals surface area contributed by atoms with Gasteiger partial charge in [-0.25, -0.2) is 4.98 Å². The molecule has 1 aliphatic rings. The van der Waals surface area contributed by atoms with E-state index in [1.54, 1.807) is 11.3 Å². The van der Waals surface area contributed by atoms with Crippen LogP contribution in [0.1, 0.15) is 17.0 Å². The Kier molecular flexibility index (Phi) is 3.49. The topological polar surface area (TPSA) is 55.7 Å². The van der Waals surface area contributed by atoms with Gasteiger partial charge in [0.1, 0.15) is 5.01 Å². The molecule has 1 N–H and O–H groups in total. The molecule has 3 heterocycles. The monoisotopic (exact) mass is 320 g/mol. The van der Waals surface area contributed by atoms with Gasteiger partial charge in [0.15, 0.2) is 0 Å². The van der Waals surface area contributed by atoms with Crippen LogP contribution >= 0.6 is 11.3 Å². The lowest BCUT2D eigenvalue weighted by atomic mass is 10.1. The Hall–Kier alpha value is -2.42. The zero-order chi connectivity index (χ0) is 15.8. The number of nitrogens with zero attached hydrogens (tertiary/aromatic N) is 3. The minimum Gasteiger partial charge on any atom is -0.360 e. The molecule has 3 aromatic rings. The van der Waals surface area contributed by atoms with Crippen LogP contribution in [0.5, 0.6) is 0 Å². The number of nitrogens with one attached hydrogen (secondary N) is 1. The van der Waals surface area contributed by atoms with Crippen LogP contribution in [0.4, 0.5) is 0 Å². The Morgan fingerprint density at radius 2 is 2.30 bits per heavy atom. The van der Waals surface area contributed by atoms with E-state index in [1.807, 2.05) is 24.4 Å². The third kappa shape index (κ3) is 2.56. The van der Waals surface area contributed by atoms with Crippen molar-refractivity contribution < 1.29 is 0 Å². The number of aromatic nitrogens is 2. The summed E-state index contributed by atoms with van der Waals surface area (Å²) in [5.74, 6) is 0. The highest BCUT2D eigenvalue weighted by Crippen LogP contribution is 2.32. The number of nitriles is 1. The van der Waals surface area contributed by atoms with E-state index in [0.717, 1.165) is 46.7 Å². The molecule has 0 bridgehead atoms. The first-order valence-electron chi connectivity index (χ1n) is 7.59. The van der Waals surface area contributed by atoms with E-state index in [9.17, 15) is 0 Å². The van der Waals surface area contributed by atoms with Crippen LogP contribution in [0.3, 0.4) is 0 Å². The second kappa shape index (κ2) is 5.65.